The third kappa shape index (κ3) is 7.25. The standard InChI is InChI=1S/C83H55N5/c1-8-24-54(25-9-1)57-42-48-75-71(52-57)82(61-30-14-4-15-31-61,62-32-16-5-17-33-62)69-40-22-38-65-67-50-59(44-46-73(67)87(75)77(65)69)80-84-79(56-28-12-3-13-29-56)85-81(86-80)60-45-47-74-68(51-60)66-39-23-41-70-78(66)88(74)76-49-43-58(55-26-10-2-11-27-55)53-72(76)83(70,63-34-18-6-19-35-63)64-36-20-7-21-37-64/h1-20,22-36,38-53H,21,37H2. The van der Waals surface area contributed by atoms with Crippen molar-refractivity contribution in [2.24, 2.45) is 0 Å². The van der Waals surface area contributed by atoms with Crippen molar-refractivity contribution >= 4 is 43.6 Å². The van der Waals surface area contributed by atoms with Gasteiger partial charge in [0, 0.05) is 38.2 Å². The molecule has 0 fully saturated rings. The molecule has 3 aromatic heterocycles. The van der Waals surface area contributed by atoms with E-state index in [2.05, 4.69) is 312 Å². The molecule has 1 aliphatic carbocycles. The summed E-state index contributed by atoms with van der Waals surface area (Å²) in [6.45, 7) is 0. The fourth-order valence-corrected chi connectivity index (χ4v) is 15.5. The van der Waals surface area contributed by atoms with Crippen molar-refractivity contribution in [1.29, 1.82) is 0 Å². The first-order chi connectivity index (χ1) is 43.6. The first-order valence-electron chi connectivity index (χ1n) is 30.6. The maximum atomic E-state index is 5.51. The van der Waals surface area contributed by atoms with E-state index in [1.807, 2.05) is 6.07 Å². The van der Waals surface area contributed by atoms with Gasteiger partial charge in [-0.25, -0.2) is 15.0 Å². The molecule has 0 spiro atoms. The molecular weight excluding hydrogens is 1070 g/mol. The first kappa shape index (κ1) is 50.1. The van der Waals surface area contributed by atoms with E-state index in [1.165, 1.54) is 94.3 Å². The van der Waals surface area contributed by atoms with Crippen LogP contribution in [0.25, 0.3) is 111 Å². The van der Waals surface area contributed by atoms with E-state index in [9.17, 15) is 0 Å². The van der Waals surface area contributed by atoms with E-state index in [-0.39, 0.29) is 0 Å². The number of benzene rings is 12. The highest BCUT2D eigenvalue weighted by Crippen LogP contribution is 2.58. The van der Waals surface area contributed by atoms with Gasteiger partial charge in [-0.15, -0.1) is 0 Å². The van der Waals surface area contributed by atoms with Gasteiger partial charge in [0.1, 0.15) is 0 Å². The lowest BCUT2D eigenvalue weighted by Crippen LogP contribution is -2.36. The van der Waals surface area contributed by atoms with Crippen molar-refractivity contribution in [3.8, 4) is 67.8 Å². The van der Waals surface area contributed by atoms with Crippen molar-refractivity contribution in [1.82, 2.24) is 24.1 Å². The average Bonchev–Trinajstić information content (AvgIpc) is 1.38. The van der Waals surface area contributed by atoms with Crippen molar-refractivity contribution < 1.29 is 0 Å². The molecule has 1 unspecified atom stereocenters. The lowest BCUT2D eigenvalue weighted by molar-refractivity contribution is 0.666. The first-order valence-corrected chi connectivity index (χ1v) is 30.6. The van der Waals surface area contributed by atoms with E-state index in [4.69, 9.17) is 15.0 Å². The molecule has 1 atom stereocenters. The molecule has 0 N–H and O–H groups in total. The molecule has 2 aliphatic heterocycles. The van der Waals surface area contributed by atoms with E-state index in [0.29, 0.717) is 17.5 Å². The lowest BCUT2D eigenvalue weighted by atomic mass is 9.61. The molecule has 12 aromatic carbocycles. The second-order valence-corrected chi connectivity index (χ2v) is 23.7. The second kappa shape index (κ2) is 19.6. The number of aromatic nitrogens is 5. The van der Waals surface area contributed by atoms with Gasteiger partial charge in [-0.1, -0.05) is 254 Å². The van der Waals surface area contributed by atoms with Gasteiger partial charge in [0.05, 0.1) is 44.3 Å². The number of fused-ring (bicyclic) bond motifs is 10. The van der Waals surface area contributed by atoms with Crippen LogP contribution in [-0.2, 0) is 10.8 Å². The Morgan fingerprint density at radius 2 is 0.693 bits per heavy atom. The molecule has 3 aliphatic rings. The monoisotopic (exact) mass is 1120 g/mol. The molecule has 18 rings (SSSR count). The molecule has 88 heavy (non-hydrogen) atoms. The summed E-state index contributed by atoms with van der Waals surface area (Å²) in [5, 5.41) is 4.64. The molecular formula is C83H55N5. The van der Waals surface area contributed by atoms with E-state index in [0.717, 1.165) is 57.0 Å². The number of hydrogen-bond donors (Lipinski definition) is 0. The fourth-order valence-electron chi connectivity index (χ4n) is 15.5. The highest BCUT2D eigenvalue weighted by molar-refractivity contribution is 6.15. The molecule has 5 nitrogen and oxygen atoms in total. The van der Waals surface area contributed by atoms with E-state index < -0.39 is 10.8 Å². The molecule has 412 valence electrons. The van der Waals surface area contributed by atoms with Gasteiger partial charge < -0.3 is 9.13 Å². The number of nitrogens with zero attached hydrogens (tertiary/aromatic N) is 5. The largest absolute Gasteiger partial charge is 0.309 e. The topological polar surface area (TPSA) is 48.5 Å². The van der Waals surface area contributed by atoms with E-state index in [1.54, 1.807) is 0 Å². The van der Waals surface area contributed by atoms with Gasteiger partial charge in [0.25, 0.3) is 0 Å². The lowest BCUT2D eigenvalue weighted by Gasteiger charge is -2.43. The zero-order valence-electron chi connectivity index (χ0n) is 48.1. The third-order valence-corrected chi connectivity index (χ3v) is 19.2. The highest BCUT2D eigenvalue weighted by Gasteiger charge is 2.48. The van der Waals surface area contributed by atoms with Gasteiger partial charge in [0.2, 0.25) is 0 Å². The maximum Gasteiger partial charge on any atom is 0.164 e. The van der Waals surface area contributed by atoms with Crippen LogP contribution in [0.15, 0.2) is 315 Å². The Labute approximate surface area is 510 Å². The zero-order chi connectivity index (χ0) is 57.9. The summed E-state index contributed by atoms with van der Waals surface area (Å²) in [6, 6.07) is 107. The number of allylic oxidation sites excluding steroid dienone is 4. The van der Waals surface area contributed by atoms with Crippen LogP contribution in [0.5, 0.6) is 0 Å². The Balaban J connectivity index is 0.849. The molecule has 0 bridgehead atoms. The smallest absolute Gasteiger partial charge is 0.164 e. The predicted octanol–water partition coefficient (Wildman–Crippen LogP) is 20.0. The summed E-state index contributed by atoms with van der Waals surface area (Å²) in [7, 11) is 0. The van der Waals surface area contributed by atoms with Crippen LogP contribution in [0.2, 0.25) is 0 Å². The minimum Gasteiger partial charge on any atom is -0.309 e. The van der Waals surface area contributed by atoms with Crippen LogP contribution in [0.3, 0.4) is 0 Å². The fraction of sp³-hybridized carbons (Fsp3) is 0.0482. The summed E-state index contributed by atoms with van der Waals surface area (Å²) in [4.78, 5) is 16.3. The minimum absolute atomic E-state index is 0.554. The molecule has 0 saturated heterocycles. The molecule has 0 amide bonds. The molecule has 0 radical (unpaired) electrons. The van der Waals surface area contributed by atoms with Gasteiger partial charge in [-0.3, -0.25) is 0 Å². The molecule has 5 heteroatoms. The van der Waals surface area contributed by atoms with Gasteiger partial charge in [0.15, 0.2) is 17.5 Å². The summed E-state index contributed by atoms with van der Waals surface area (Å²) in [5.41, 5.74) is 23.5. The molecule has 0 saturated carbocycles. The van der Waals surface area contributed by atoms with Crippen LogP contribution in [0, 0.1) is 0 Å². The third-order valence-electron chi connectivity index (χ3n) is 19.2. The number of rotatable bonds is 9. The number of hydrogen-bond acceptors (Lipinski definition) is 3. The maximum absolute atomic E-state index is 5.51. The molecule has 15 aromatic rings. The average molecular weight is 1120 g/mol. The van der Waals surface area contributed by atoms with Crippen LogP contribution < -0.4 is 0 Å². The summed E-state index contributed by atoms with van der Waals surface area (Å²) in [5.74, 6) is 1.85. The van der Waals surface area contributed by atoms with Crippen LogP contribution in [0.1, 0.15) is 51.8 Å². The summed E-state index contributed by atoms with van der Waals surface area (Å²) < 4.78 is 5.04. The Kier molecular flexibility index (Phi) is 11.2. The Morgan fingerprint density at radius 1 is 0.295 bits per heavy atom. The summed E-state index contributed by atoms with van der Waals surface area (Å²) >= 11 is 0. The van der Waals surface area contributed by atoms with E-state index >= 15 is 0 Å². The normalized spacial score (nSPS) is 15.3. The SMILES string of the molecule is C1=CCCC(C2(c3ccccc3)c3cc(-c4ccccc4)ccc3-n3c4ccc(-c5nc(-c6ccccc6)nc(-c6ccc7c(c6)c6cccc8c6n7-c6ccc(-c7ccccc7)cc6C8(c6ccccc6)c6ccccc6)n5)cc4c4cccc2c43)=C1. The van der Waals surface area contributed by atoms with Crippen molar-refractivity contribution in [2.45, 2.75) is 23.7 Å². The number of para-hydroxylation sites is 2. The Hall–Kier alpha value is -11.3. The quantitative estimate of drug-likeness (QED) is 0.145. The van der Waals surface area contributed by atoms with Crippen molar-refractivity contribution in [2.75, 3.05) is 0 Å². The Morgan fingerprint density at radius 3 is 1.15 bits per heavy atom. The van der Waals surface area contributed by atoms with Gasteiger partial charge in [-0.05, 0) is 135 Å². The molecule has 5 heterocycles. The highest BCUT2D eigenvalue weighted by atomic mass is 15.0. The summed E-state index contributed by atoms with van der Waals surface area (Å²) in [6.07, 6.45) is 8.90. The Bertz CT molecular complexity index is 5310. The second-order valence-electron chi connectivity index (χ2n) is 23.7. The zero-order valence-corrected chi connectivity index (χ0v) is 48.1. The van der Waals surface area contributed by atoms with Crippen molar-refractivity contribution in [3.63, 3.8) is 0 Å². The van der Waals surface area contributed by atoms with Gasteiger partial charge in [-0.2, -0.15) is 0 Å². The predicted molar refractivity (Wildman–Crippen MR) is 360 cm³/mol. The minimum atomic E-state index is -0.638. The van der Waals surface area contributed by atoms with Crippen LogP contribution >= 0.6 is 0 Å². The van der Waals surface area contributed by atoms with Gasteiger partial charge >= 0.3 is 0 Å². The van der Waals surface area contributed by atoms with Crippen LogP contribution in [-0.4, -0.2) is 24.1 Å². The van der Waals surface area contributed by atoms with Crippen LogP contribution in [0.4, 0.5) is 0 Å². The van der Waals surface area contributed by atoms with Crippen molar-refractivity contribution in [3.05, 3.63) is 354 Å².